The van der Waals surface area contributed by atoms with Crippen LogP contribution in [0.5, 0.6) is 0 Å². The van der Waals surface area contributed by atoms with Crippen LogP contribution in [0.4, 0.5) is 4.39 Å². The van der Waals surface area contributed by atoms with E-state index in [-0.39, 0.29) is 5.56 Å². The molecule has 0 heterocycles. The van der Waals surface area contributed by atoms with Crippen LogP contribution in [-0.2, 0) is 10.1 Å². The Labute approximate surface area is 76.0 Å². The highest BCUT2D eigenvalue weighted by atomic mass is 32.2. The third-order valence-electron chi connectivity index (χ3n) is 1.52. The fourth-order valence-electron chi connectivity index (χ4n) is 0.943. The molecule has 5 heteroatoms. The van der Waals surface area contributed by atoms with E-state index in [1.165, 1.54) is 12.1 Å². The minimum Gasteiger partial charge on any atom is -0.285 e. The number of halogens is 1. The van der Waals surface area contributed by atoms with Crippen LogP contribution in [0.2, 0.25) is 0 Å². The smallest absolute Gasteiger partial charge is 0.268 e. The van der Waals surface area contributed by atoms with Crippen LogP contribution in [-0.4, -0.2) is 18.7 Å². The lowest BCUT2D eigenvalue weighted by Gasteiger charge is -2.05. The topological polar surface area (TPSA) is 54.4 Å². The Bertz CT molecular complexity index is 360. The highest BCUT2D eigenvalue weighted by Gasteiger charge is 2.17. The molecule has 1 N–H and O–H groups in total. The van der Waals surface area contributed by atoms with Crippen molar-refractivity contribution in [3.8, 4) is 0 Å². The summed E-state index contributed by atoms with van der Waals surface area (Å²) < 4.78 is 42.1. The summed E-state index contributed by atoms with van der Waals surface area (Å²) in [7, 11) is -4.25. The molecule has 13 heavy (non-hydrogen) atoms. The van der Waals surface area contributed by atoms with Gasteiger partial charge < -0.3 is 0 Å². The normalized spacial score (nSPS) is 14.0. The van der Waals surface area contributed by atoms with E-state index >= 15 is 0 Å². The van der Waals surface area contributed by atoms with Gasteiger partial charge >= 0.3 is 0 Å². The van der Waals surface area contributed by atoms with Gasteiger partial charge in [0.1, 0.15) is 11.9 Å². The predicted octanol–water partition coefficient (Wildman–Crippen LogP) is 1.59. The fraction of sp³-hybridized carbons (Fsp3) is 0.250. The van der Waals surface area contributed by atoms with E-state index in [1.54, 1.807) is 18.2 Å². The van der Waals surface area contributed by atoms with Gasteiger partial charge in [-0.25, -0.2) is 4.39 Å². The molecular formula is C8H9FO3S. The van der Waals surface area contributed by atoms with Crippen molar-refractivity contribution >= 4 is 10.1 Å². The Balaban J connectivity index is 2.76. The van der Waals surface area contributed by atoms with Gasteiger partial charge in [0.05, 0.1) is 0 Å². The molecule has 0 amide bonds. The van der Waals surface area contributed by atoms with Crippen LogP contribution in [0.3, 0.4) is 0 Å². The fourth-order valence-corrected chi connectivity index (χ4v) is 1.51. The first kappa shape index (κ1) is 10.1. The summed E-state index contributed by atoms with van der Waals surface area (Å²) >= 11 is 0. The number of benzene rings is 1. The van der Waals surface area contributed by atoms with Gasteiger partial charge in [-0.15, -0.1) is 0 Å². The Morgan fingerprint density at radius 1 is 1.31 bits per heavy atom. The first-order chi connectivity index (χ1) is 5.99. The van der Waals surface area contributed by atoms with Gasteiger partial charge in [-0.1, -0.05) is 30.3 Å². The maximum absolute atomic E-state index is 13.1. The molecule has 1 atom stereocenters. The summed E-state index contributed by atoms with van der Waals surface area (Å²) in [6.45, 7) is 0. The third-order valence-corrected chi connectivity index (χ3v) is 2.23. The number of hydrogen-bond donors (Lipinski definition) is 1. The van der Waals surface area contributed by atoms with Crippen molar-refractivity contribution in [3.63, 3.8) is 0 Å². The van der Waals surface area contributed by atoms with E-state index in [1.807, 2.05) is 0 Å². The summed E-state index contributed by atoms with van der Waals surface area (Å²) in [6.07, 6.45) is -1.67. The van der Waals surface area contributed by atoms with Crippen LogP contribution in [0.1, 0.15) is 11.7 Å². The van der Waals surface area contributed by atoms with E-state index in [0.717, 1.165) is 0 Å². The summed E-state index contributed by atoms with van der Waals surface area (Å²) in [6, 6.07) is 7.84. The van der Waals surface area contributed by atoms with Crippen molar-refractivity contribution in [2.45, 2.75) is 6.17 Å². The minimum atomic E-state index is -4.25. The van der Waals surface area contributed by atoms with Gasteiger partial charge in [0.25, 0.3) is 10.1 Å². The monoisotopic (exact) mass is 204 g/mol. The minimum absolute atomic E-state index is 0.250. The zero-order chi connectivity index (χ0) is 9.90. The first-order valence-corrected chi connectivity index (χ1v) is 5.24. The Morgan fingerprint density at radius 2 is 1.85 bits per heavy atom. The molecule has 0 aromatic heterocycles. The van der Waals surface area contributed by atoms with Gasteiger partial charge in [0, 0.05) is 0 Å². The van der Waals surface area contributed by atoms with Crippen LogP contribution in [0.15, 0.2) is 30.3 Å². The number of hydrogen-bond acceptors (Lipinski definition) is 2. The quantitative estimate of drug-likeness (QED) is 0.760. The van der Waals surface area contributed by atoms with Crippen molar-refractivity contribution in [2.24, 2.45) is 0 Å². The molecule has 0 spiro atoms. The van der Waals surface area contributed by atoms with Crippen molar-refractivity contribution in [3.05, 3.63) is 35.9 Å². The molecule has 0 saturated carbocycles. The molecule has 0 fully saturated rings. The average molecular weight is 204 g/mol. The lowest BCUT2D eigenvalue weighted by molar-refractivity contribution is 0.363. The summed E-state index contributed by atoms with van der Waals surface area (Å²) in [4.78, 5) is 0. The molecule has 1 unspecified atom stereocenters. The molecule has 0 aliphatic heterocycles. The Morgan fingerprint density at radius 3 is 2.31 bits per heavy atom. The molecule has 0 bridgehead atoms. The average Bonchev–Trinajstić information content (AvgIpc) is 2.03. The van der Waals surface area contributed by atoms with E-state index < -0.39 is 22.0 Å². The van der Waals surface area contributed by atoms with Gasteiger partial charge in [-0.3, -0.25) is 4.55 Å². The van der Waals surface area contributed by atoms with E-state index in [0.29, 0.717) is 0 Å². The molecule has 1 aromatic rings. The van der Waals surface area contributed by atoms with Gasteiger partial charge in [0.15, 0.2) is 0 Å². The van der Waals surface area contributed by atoms with Crippen LogP contribution >= 0.6 is 0 Å². The molecule has 0 aliphatic carbocycles. The Hall–Kier alpha value is -0.940. The van der Waals surface area contributed by atoms with E-state index in [2.05, 4.69) is 0 Å². The second kappa shape index (κ2) is 3.85. The van der Waals surface area contributed by atoms with Gasteiger partial charge in [0.2, 0.25) is 0 Å². The Kier molecular flexibility index (Phi) is 3.00. The van der Waals surface area contributed by atoms with Crippen molar-refractivity contribution in [2.75, 3.05) is 5.75 Å². The van der Waals surface area contributed by atoms with Crippen LogP contribution in [0, 0.1) is 0 Å². The maximum atomic E-state index is 13.1. The largest absolute Gasteiger partial charge is 0.285 e. The van der Waals surface area contributed by atoms with Crippen molar-refractivity contribution < 1.29 is 17.4 Å². The van der Waals surface area contributed by atoms with E-state index in [9.17, 15) is 12.8 Å². The number of alkyl halides is 1. The second-order valence-corrected chi connectivity index (χ2v) is 4.12. The first-order valence-electron chi connectivity index (χ1n) is 3.63. The predicted molar refractivity (Wildman–Crippen MR) is 46.7 cm³/mol. The van der Waals surface area contributed by atoms with E-state index in [4.69, 9.17) is 4.55 Å². The second-order valence-electron chi connectivity index (χ2n) is 2.63. The highest BCUT2D eigenvalue weighted by Crippen LogP contribution is 2.17. The van der Waals surface area contributed by atoms with Crippen molar-refractivity contribution in [1.29, 1.82) is 0 Å². The lowest BCUT2D eigenvalue weighted by Crippen LogP contribution is -2.09. The molecule has 1 rings (SSSR count). The number of rotatable bonds is 3. The molecule has 0 radical (unpaired) electrons. The van der Waals surface area contributed by atoms with Gasteiger partial charge in [-0.2, -0.15) is 8.42 Å². The third kappa shape index (κ3) is 3.52. The molecular weight excluding hydrogens is 195 g/mol. The molecule has 1 aromatic carbocycles. The molecule has 0 aliphatic rings. The standard InChI is InChI=1S/C8H9FO3S/c9-8(6-13(10,11)12)7-4-2-1-3-5-7/h1-5,8H,6H2,(H,10,11,12). The summed E-state index contributed by atoms with van der Waals surface area (Å²) in [5.74, 6) is -0.892. The highest BCUT2D eigenvalue weighted by molar-refractivity contribution is 7.85. The lowest BCUT2D eigenvalue weighted by atomic mass is 10.1. The SMILES string of the molecule is O=S(=O)(O)CC(F)c1ccccc1. The molecule has 72 valence electrons. The zero-order valence-corrected chi connectivity index (χ0v) is 7.54. The van der Waals surface area contributed by atoms with Gasteiger partial charge in [-0.05, 0) is 5.56 Å². The summed E-state index contributed by atoms with van der Waals surface area (Å²) in [5, 5.41) is 0. The molecule has 0 saturated heterocycles. The summed E-state index contributed by atoms with van der Waals surface area (Å²) in [5.41, 5.74) is 0.250. The zero-order valence-electron chi connectivity index (χ0n) is 6.72. The van der Waals surface area contributed by atoms with Crippen LogP contribution in [0.25, 0.3) is 0 Å². The molecule has 3 nitrogen and oxygen atoms in total. The van der Waals surface area contributed by atoms with Crippen molar-refractivity contribution in [1.82, 2.24) is 0 Å². The van der Waals surface area contributed by atoms with Crippen LogP contribution < -0.4 is 0 Å². The maximum Gasteiger partial charge on any atom is 0.268 e.